The average molecular weight is 1870 g/mol. The van der Waals surface area contributed by atoms with Gasteiger partial charge < -0.3 is 60.5 Å². The van der Waals surface area contributed by atoms with Crippen molar-refractivity contribution in [3.63, 3.8) is 0 Å². The van der Waals surface area contributed by atoms with Gasteiger partial charge in [-0.15, -0.1) is 0 Å². The van der Waals surface area contributed by atoms with Crippen molar-refractivity contribution in [1.82, 2.24) is 124 Å². The molecule has 0 aromatic rings. The van der Waals surface area contributed by atoms with Crippen LogP contribution in [0, 0.1) is 17.8 Å². The van der Waals surface area contributed by atoms with Gasteiger partial charge in [-0.05, 0) is 200 Å². The molecule has 48 heteroatoms. The quantitative estimate of drug-likeness (QED) is 0.0488. The molecule has 0 radical (unpaired) electrons. The third-order valence-electron chi connectivity index (χ3n) is 27.1. The summed E-state index contributed by atoms with van der Waals surface area (Å²) in [7, 11) is 13.0. The number of likely N-dealkylation sites (tertiary alicyclic amines) is 2. The minimum Gasteiger partial charge on any atom is -0.317 e. The number of rotatable bonds is 27. The lowest BCUT2D eigenvalue weighted by Gasteiger charge is -2.35. The lowest BCUT2D eigenvalue weighted by Crippen LogP contribution is -2.51. The van der Waals surface area contributed by atoms with Crippen LogP contribution in [-0.4, -0.2) is 426 Å². The zero-order valence-corrected chi connectivity index (χ0v) is 74.4. The molecule has 131 heavy (non-hydrogen) atoms. The molecular formula is C83H150N24O24. The van der Waals surface area contributed by atoms with Crippen molar-refractivity contribution >= 4 is 71.6 Å². The van der Waals surface area contributed by atoms with Crippen LogP contribution in [0.1, 0.15) is 158 Å². The Labute approximate surface area is 768 Å². The fourth-order valence-corrected chi connectivity index (χ4v) is 19.9. The van der Waals surface area contributed by atoms with E-state index >= 15 is 0 Å². The highest BCUT2D eigenvalue weighted by Gasteiger charge is 2.54. The molecular weight excluding hydrogens is 1720 g/mol. The molecule has 48 nitrogen and oxygen atoms in total. The number of urea groups is 6. The van der Waals surface area contributed by atoms with Crippen LogP contribution in [0.15, 0.2) is 0 Å². The molecule has 18 aliphatic rings. The first-order valence-corrected chi connectivity index (χ1v) is 45.2. The smallest absolute Gasteiger partial charge is 0.317 e. The van der Waals surface area contributed by atoms with Crippen molar-refractivity contribution in [1.29, 1.82) is 0 Å². The number of carbonyl (C=O) groups is 12. The van der Waals surface area contributed by atoms with Gasteiger partial charge in [0.15, 0.2) is 0 Å². The topological polar surface area (TPSA) is 481 Å². The predicted molar refractivity (Wildman–Crippen MR) is 469 cm³/mol. The van der Waals surface area contributed by atoms with E-state index in [2.05, 4.69) is 71.0 Å². The largest absolute Gasteiger partial charge is 0.345 e. The standard InChI is InChI=1S/C15H26N4O4.C14H24N4O4.2C13H22N4O4.2C12H20N4O4.4CH4/c1-17-7-5-11(6-8-17)10-23-16-14(20)13-4-3-12-9-18(13)15(21)19(12)22-2;1-21-18-11-4-5-12(17(8-11)14(18)20)13(19)16-22-9-10-3-2-6-15-7-10;1-15-5-9(6-15)8-21-14-12(18)11-4-3-10-7-16(11)13(19)17(10)20-2;1-20-17-9-2-3-11(16(8-9)13(17)19)12(18)15-21-10-4-6-14-7-5-10;2*1-19-16-8-2-3-10(15(7-8)12(16)18)11(17)14-20-9-4-5-13-6-9;;;;/h11-13H,3-10H2,1-2H3,(H,16,20);10-12,15H,2-9H2,1H3,(H,16,19);9-11H,3-8H2,1-2H3,(H,14,18);9-11,14H,2-8H2,1H3,(H,15,18);2*8-10,13H,2-7H2,1H3,(H,14,17);4*1H4/t12-,13+;10-,11-,12+;10-,11+;9-,11+;8-,9+,10+;8-,9-,10+;;;;/m111111..../s1. The maximum Gasteiger partial charge on any atom is 0.345 e. The number of hydroxylamine groups is 18. The highest BCUT2D eigenvalue weighted by Crippen LogP contribution is 2.37. The van der Waals surface area contributed by atoms with Gasteiger partial charge in [-0.3, -0.25) is 86.8 Å². The third-order valence-corrected chi connectivity index (χ3v) is 27.1. The molecule has 18 heterocycles. The molecule has 746 valence electrons. The Bertz CT molecular complexity index is 3640. The zero-order chi connectivity index (χ0) is 90.0. The van der Waals surface area contributed by atoms with E-state index < -0.39 is 36.3 Å². The summed E-state index contributed by atoms with van der Waals surface area (Å²) in [5.41, 5.74) is 15.1. The highest BCUT2D eigenvalue weighted by molar-refractivity contribution is 5.92. The number of amides is 18. The van der Waals surface area contributed by atoms with Crippen LogP contribution in [0.25, 0.3) is 0 Å². The summed E-state index contributed by atoms with van der Waals surface area (Å²) in [4.78, 5) is 223. The molecule has 18 fully saturated rings. The fraction of sp³-hybridized carbons (Fsp3) is 0.855. The van der Waals surface area contributed by atoms with Gasteiger partial charge in [0.05, 0.1) is 117 Å². The molecule has 18 rings (SSSR count). The first-order chi connectivity index (χ1) is 61.5. The maximum absolute atomic E-state index is 12.3. The Hall–Kier alpha value is -8.28. The van der Waals surface area contributed by atoms with Crippen molar-refractivity contribution in [3.05, 3.63) is 0 Å². The van der Waals surface area contributed by atoms with E-state index in [-0.39, 0.29) is 156 Å². The van der Waals surface area contributed by atoms with Crippen LogP contribution in [-0.2, 0) is 86.8 Å². The summed E-state index contributed by atoms with van der Waals surface area (Å²) in [6, 6.07) is -3.87. The molecule has 0 aromatic carbocycles. The van der Waals surface area contributed by atoms with E-state index in [1.165, 1.54) is 73.0 Å². The number of piperidine rings is 9. The van der Waals surface area contributed by atoms with E-state index in [4.69, 9.17) is 58.1 Å². The monoisotopic (exact) mass is 1870 g/mol. The Morgan fingerprint density at radius 2 is 0.542 bits per heavy atom. The number of nitrogens with zero attached hydrogens (tertiary/aromatic N) is 14. The summed E-state index contributed by atoms with van der Waals surface area (Å²) in [5.74, 6) is -0.0597. The van der Waals surface area contributed by atoms with Gasteiger partial charge in [0, 0.05) is 77.9 Å². The summed E-state index contributed by atoms with van der Waals surface area (Å²) in [5, 5.41) is 21.0. The molecule has 0 saturated carbocycles. The van der Waals surface area contributed by atoms with Crippen molar-refractivity contribution in [2.24, 2.45) is 17.8 Å². The van der Waals surface area contributed by atoms with Gasteiger partial charge >= 0.3 is 36.2 Å². The Morgan fingerprint density at radius 1 is 0.282 bits per heavy atom. The van der Waals surface area contributed by atoms with Gasteiger partial charge in [-0.1, -0.05) is 29.7 Å². The third kappa shape index (κ3) is 26.1. The molecule has 10 N–H and O–H groups in total. The van der Waals surface area contributed by atoms with Crippen molar-refractivity contribution in [3.8, 4) is 0 Å². The van der Waals surface area contributed by atoms with Gasteiger partial charge in [-0.25, -0.2) is 61.6 Å². The van der Waals surface area contributed by atoms with Gasteiger partial charge in [0.1, 0.15) is 36.3 Å². The lowest BCUT2D eigenvalue weighted by atomic mass is 9.98. The summed E-state index contributed by atoms with van der Waals surface area (Å²) in [6.07, 6.45) is 16.4. The van der Waals surface area contributed by atoms with Crippen LogP contribution in [0.2, 0.25) is 0 Å². The number of nitrogens with one attached hydrogen (secondary N) is 10. The van der Waals surface area contributed by atoms with Gasteiger partial charge in [0.2, 0.25) is 0 Å². The number of fused-ring (bicyclic) bond motifs is 12. The van der Waals surface area contributed by atoms with Crippen LogP contribution in [0.4, 0.5) is 28.8 Å². The Morgan fingerprint density at radius 3 is 0.809 bits per heavy atom. The molecule has 0 aliphatic carbocycles. The molecule has 0 spiro atoms. The normalized spacial score (nSPS) is 30.0. The van der Waals surface area contributed by atoms with E-state index in [9.17, 15) is 57.5 Å². The number of carbonyl (C=O) groups excluding carboxylic acids is 12. The molecule has 18 aliphatic heterocycles. The highest BCUT2D eigenvalue weighted by atomic mass is 16.7. The van der Waals surface area contributed by atoms with E-state index in [0.29, 0.717) is 115 Å². The summed E-state index contributed by atoms with van der Waals surface area (Å²) < 4.78 is 0. The van der Waals surface area contributed by atoms with Crippen molar-refractivity contribution in [2.75, 3.05) is 194 Å². The Kier molecular flexibility index (Phi) is 41.3. The second kappa shape index (κ2) is 50.9. The SMILES string of the molecule is C.C.C.C.CON1C(=O)N2C[C@H]1CC[C@H]2C(=O)NOC1CCNCC1.CON1C(=O)N2C[C@H]1CC[C@H]2C(=O)NOCC1CCN(C)CC1.CON1C(=O)N2C[C@H]1CC[C@H]2C(=O)NOCC1CN(C)C1.CON1C(=O)N2C[C@H]1CC[C@H]2C(=O)NOC[C@@H]1CCCNC1.CON1C(=O)N2C[C@H]1CC[C@H]2C(=O)NO[C@@H]1CCNC1.CON1C(=O)N2C[C@H]1CC[C@H]2C(=O)NO[C@H]1CCNC1. The number of hydrogen-bond donors (Lipinski definition) is 10. The first-order valence-electron chi connectivity index (χ1n) is 45.2. The van der Waals surface area contributed by atoms with E-state index in [1.807, 2.05) is 7.05 Å². The lowest BCUT2D eigenvalue weighted by molar-refractivity contribution is -0.145. The predicted octanol–water partition coefficient (Wildman–Crippen LogP) is 0.108. The fourth-order valence-electron chi connectivity index (χ4n) is 19.9. The maximum atomic E-state index is 12.3. The molecule has 18 saturated heterocycles. The molecule has 12 bridgehead atoms. The second-order valence-electron chi connectivity index (χ2n) is 35.5. The number of hydrogen-bond acceptors (Lipinski definition) is 30. The van der Waals surface area contributed by atoms with Crippen molar-refractivity contribution in [2.45, 2.75) is 249 Å². The average Bonchev–Trinajstić information content (AvgIpc) is 1.67. The van der Waals surface area contributed by atoms with Gasteiger partial charge in [-0.2, -0.15) is 30.4 Å². The summed E-state index contributed by atoms with van der Waals surface area (Å²) >= 11 is 0. The van der Waals surface area contributed by atoms with Crippen LogP contribution in [0.3, 0.4) is 0 Å². The second-order valence-corrected chi connectivity index (χ2v) is 35.5. The van der Waals surface area contributed by atoms with Crippen molar-refractivity contribution < 1.29 is 116 Å². The summed E-state index contributed by atoms with van der Waals surface area (Å²) in [6.45, 7) is 16.0. The van der Waals surface area contributed by atoms with Crippen LogP contribution < -0.4 is 54.1 Å². The minimum atomic E-state index is -0.465. The van der Waals surface area contributed by atoms with E-state index in [1.54, 1.807) is 29.4 Å². The molecule has 0 aromatic heterocycles. The Balaban J connectivity index is 0.000000176. The minimum absolute atomic E-state index is 0. The van der Waals surface area contributed by atoms with E-state index in [0.717, 1.165) is 168 Å². The molecule has 0 unspecified atom stereocenters. The molecule has 18 amide bonds. The van der Waals surface area contributed by atoms with Gasteiger partial charge in [0.25, 0.3) is 35.4 Å². The zero-order valence-electron chi connectivity index (χ0n) is 74.4. The first kappa shape index (κ1) is 106. The van der Waals surface area contributed by atoms with Crippen LogP contribution >= 0.6 is 0 Å². The van der Waals surface area contributed by atoms with Crippen LogP contribution in [0.5, 0.6) is 0 Å². The molecule has 15 atom stereocenters.